The van der Waals surface area contributed by atoms with Crippen molar-refractivity contribution in [2.45, 2.75) is 234 Å². The number of para-hydroxylation sites is 1. The molecule has 0 spiro atoms. The molecule has 2 aromatic heterocycles. The molecule has 5 aromatic rings. The number of rotatable bonds is 51. The summed E-state index contributed by atoms with van der Waals surface area (Å²) in [4.78, 5) is 154. The van der Waals surface area contributed by atoms with Crippen LogP contribution < -0.4 is 26.7 Å². The molecule has 28 nitrogen and oxygen atoms in total. The zero-order chi connectivity index (χ0) is 86.6. The van der Waals surface area contributed by atoms with Gasteiger partial charge >= 0.3 is 12.1 Å². The molecule has 3 heterocycles. The number of ketones is 3. The van der Waals surface area contributed by atoms with Crippen LogP contribution in [-0.4, -0.2) is 230 Å². The second-order valence-electron chi connectivity index (χ2n) is 31.7. The molecule has 6 N–H and O–H groups in total. The van der Waals surface area contributed by atoms with Gasteiger partial charge in [0.05, 0.1) is 87.7 Å². The Labute approximate surface area is 696 Å². The quantitative estimate of drug-likeness (QED) is 0.0156. The molecular formula is C88H133N11O17S. The van der Waals surface area contributed by atoms with Gasteiger partial charge in [0.2, 0.25) is 35.4 Å². The van der Waals surface area contributed by atoms with E-state index in [0.29, 0.717) is 45.3 Å². The van der Waals surface area contributed by atoms with E-state index in [4.69, 9.17) is 23.7 Å². The number of ether oxygens (including phenoxy) is 5. The van der Waals surface area contributed by atoms with Crippen molar-refractivity contribution in [3.8, 4) is 0 Å². The predicted octanol–water partition coefficient (Wildman–Crippen LogP) is 10.3. The summed E-state index contributed by atoms with van der Waals surface area (Å²) in [5, 5.41) is 26.7. The van der Waals surface area contributed by atoms with Crippen LogP contribution in [0.2, 0.25) is 0 Å². The normalized spacial score (nSPS) is 15.7. The number of benzene rings is 3. The van der Waals surface area contributed by atoms with Gasteiger partial charge in [-0.15, -0.1) is 11.3 Å². The number of hydrogen-bond acceptors (Lipinski definition) is 20. The van der Waals surface area contributed by atoms with Crippen molar-refractivity contribution in [2.75, 3.05) is 82.0 Å². The molecule has 117 heavy (non-hydrogen) atoms. The van der Waals surface area contributed by atoms with E-state index in [9.17, 15) is 57.8 Å². The second-order valence-corrected chi connectivity index (χ2v) is 32.6. The van der Waals surface area contributed by atoms with Crippen molar-refractivity contribution >= 4 is 87.1 Å². The fraction of sp³-hybridized carbons (Fsp3) is 0.614. The largest absolute Gasteiger partial charge is 0.481 e. The van der Waals surface area contributed by atoms with Crippen LogP contribution in [0.15, 0.2) is 96.5 Å². The van der Waals surface area contributed by atoms with Crippen LogP contribution in [0.3, 0.4) is 0 Å². The Morgan fingerprint density at radius 1 is 0.692 bits per heavy atom. The third kappa shape index (κ3) is 31.4. The zero-order valence-electron chi connectivity index (χ0n) is 72.3. The van der Waals surface area contributed by atoms with Gasteiger partial charge in [0.25, 0.3) is 0 Å². The first-order valence-corrected chi connectivity index (χ1v) is 42.2. The number of likely N-dealkylation sites (N-methyl/N-ethyl adjacent to an activating group) is 2. The number of likely N-dealkylation sites (tertiary alicyclic amines) is 1. The molecule has 1 aliphatic heterocycles. The van der Waals surface area contributed by atoms with Gasteiger partial charge in [-0.05, 0) is 112 Å². The number of carbonyl (C=O) groups is 11. The molecule has 3 aromatic carbocycles. The first-order valence-electron chi connectivity index (χ1n) is 41.3. The van der Waals surface area contributed by atoms with Gasteiger partial charge in [-0.3, -0.25) is 58.3 Å². The zero-order valence-corrected chi connectivity index (χ0v) is 73.1. The fourth-order valence-electron chi connectivity index (χ4n) is 14.8. The SMILES string of the molecule is CCOC(=O)N(C)[C@H](C(=O)N[C@H](C(=O)N(C)[C@@H]([C@@H](C)CC)[C@@H](CC(=O)N1CCC[C@H]1[C@H](OC)[C@@H](C)C(=O)N[C@@H](Cc1ccccc1)c1nccs1)OC)C(C)C)C(C)C.CNN(C)Cc1cc2ccccc2n1CCC(=O)N[C@@H](CCC(=O)O)C(=O)CCCOCCOCCC(=O)C[C@H](C(=O)N[C@@H](C)C(=O)Cc1ccc(C)cc1)C(C)C. The molecule has 1 fully saturated rings. The Morgan fingerprint density at radius 3 is 1.97 bits per heavy atom. The minimum absolute atomic E-state index is 0.00169. The highest BCUT2D eigenvalue weighted by molar-refractivity contribution is 7.09. The van der Waals surface area contributed by atoms with Crippen LogP contribution in [0.25, 0.3) is 10.9 Å². The lowest BCUT2D eigenvalue weighted by Crippen LogP contribution is -2.60. The Morgan fingerprint density at radius 2 is 1.37 bits per heavy atom. The summed E-state index contributed by atoms with van der Waals surface area (Å²) in [6.07, 6.45) is 3.31. The topological polar surface area (TPSA) is 345 Å². The highest BCUT2D eigenvalue weighted by Gasteiger charge is 2.44. The molecule has 7 amide bonds. The summed E-state index contributed by atoms with van der Waals surface area (Å²) in [6.45, 7) is 24.9. The van der Waals surface area contributed by atoms with Crippen LogP contribution in [0.4, 0.5) is 4.79 Å². The number of carboxylic acid groups (broad SMARTS) is 1. The Bertz CT molecular complexity index is 3930. The number of fused-ring (bicyclic) bond motifs is 1. The van der Waals surface area contributed by atoms with E-state index in [-0.39, 0.29) is 167 Å². The highest BCUT2D eigenvalue weighted by Crippen LogP contribution is 2.32. The van der Waals surface area contributed by atoms with Gasteiger partial charge in [-0.1, -0.05) is 147 Å². The summed E-state index contributed by atoms with van der Waals surface area (Å²) in [7, 11) is 10.1. The molecule has 0 bridgehead atoms. The van der Waals surface area contributed by atoms with E-state index in [0.717, 1.165) is 44.7 Å². The number of aryl methyl sites for hydroxylation is 2. The van der Waals surface area contributed by atoms with Crippen molar-refractivity contribution in [1.82, 2.24) is 56.0 Å². The number of amides is 7. The van der Waals surface area contributed by atoms with E-state index in [2.05, 4.69) is 42.3 Å². The van der Waals surface area contributed by atoms with Crippen LogP contribution in [0.5, 0.6) is 0 Å². The van der Waals surface area contributed by atoms with E-state index >= 15 is 0 Å². The maximum Gasteiger partial charge on any atom is 0.410 e. The smallest absolute Gasteiger partial charge is 0.410 e. The van der Waals surface area contributed by atoms with E-state index in [1.165, 1.54) is 23.3 Å². The Hall–Kier alpha value is -8.84. The van der Waals surface area contributed by atoms with Gasteiger partial charge in [-0.2, -0.15) is 0 Å². The Balaban J connectivity index is 0.000000417. The highest BCUT2D eigenvalue weighted by atomic mass is 32.1. The standard InChI is InChI=1S/C44H70N6O8S.C44H63N5O9/c1-13-29(7)38(48(9)43(54)36(27(3)4)47-41(53)37(28(5)6)49(10)44(55)58-14-2)34(56-11)26-35(51)50-23-18-21-33(50)39(57-12)30(8)40(52)46-32(42-45-22-24-59-42)25-31-19-16-15-17-20-31;1-30(2)37(44(56)46-32(4)41(52)26-33-15-13-31(3)14-16-33)28-36(50)20-23-58-25-24-57-22-9-12-40(51)38(17-18-43(54)55)47-42(53)19-21-49-35(29-48(6)45-5)27-34-10-7-8-11-39(34)49/h15-17,19-20,22,24,27-30,32-34,36-39H,13-14,18,21,23,25-26H2,1-12H3,(H,46,52)(H,47,53);7-8,10-11,13-16,27,30,32,37-38,45H,9,12,17-26,28-29H2,1-6H3,(H,46,56)(H,47,53)(H,54,55)/t29-,30+,32-,33-,34+,36-,37-,38-,39+;32-,37-,38-/m00/s1. The van der Waals surface area contributed by atoms with Crippen LogP contribution in [0, 0.1) is 42.4 Å². The monoisotopic (exact) mass is 1650 g/mol. The number of hydrogen-bond donors (Lipinski definition) is 6. The maximum atomic E-state index is 14.4. The molecule has 29 heteroatoms. The summed E-state index contributed by atoms with van der Waals surface area (Å²) in [6, 6.07) is 23.1. The van der Waals surface area contributed by atoms with Crippen molar-refractivity contribution < 1.29 is 81.5 Å². The lowest BCUT2D eigenvalue weighted by atomic mass is 9.88. The number of aromatic nitrogens is 2. The van der Waals surface area contributed by atoms with Gasteiger partial charge in [-0.25, -0.2) is 14.8 Å². The number of aliphatic carboxylic acids is 1. The lowest BCUT2D eigenvalue weighted by Gasteiger charge is -2.41. The molecule has 1 aliphatic rings. The number of methoxy groups -OCH3 is 2. The third-order valence-corrected chi connectivity index (χ3v) is 22.7. The summed E-state index contributed by atoms with van der Waals surface area (Å²) in [5.74, 6) is -5.17. The fourth-order valence-corrected chi connectivity index (χ4v) is 15.5. The van der Waals surface area contributed by atoms with E-state index < -0.39 is 72.2 Å². The molecule has 0 aliphatic carbocycles. The molecule has 0 saturated carbocycles. The average molecular weight is 1650 g/mol. The number of carbonyl (C=O) groups excluding carboxylic acids is 10. The number of hydrazine groups is 1. The molecule has 12 atom stereocenters. The van der Waals surface area contributed by atoms with E-state index in [1.54, 1.807) is 46.2 Å². The number of nitrogens with zero attached hydrogens (tertiary/aromatic N) is 6. The van der Waals surface area contributed by atoms with Crippen molar-refractivity contribution in [2.24, 2.45) is 35.5 Å². The van der Waals surface area contributed by atoms with Gasteiger partial charge in [0.15, 0.2) is 11.6 Å². The predicted molar refractivity (Wildman–Crippen MR) is 451 cm³/mol. The van der Waals surface area contributed by atoms with Gasteiger partial charge in [0.1, 0.15) is 22.9 Å². The van der Waals surface area contributed by atoms with E-state index in [1.807, 2.05) is 177 Å². The van der Waals surface area contributed by atoms with Crippen molar-refractivity contribution in [1.29, 1.82) is 0 Å². The number of nitrogens with one attached hydrogen (secondary N) is 5. The van der Waals surface area contributed by atoms with Crippen molar-refractivity contribution in [3.05, 3.63) is 124 Å². The van der Waals surface area contributed by atoms with Crippen molar-refractivity contribution in [3.63, 3.8) is 0 Å². The molecular weight excluding hydrogens is 1520 g/mol. The molecule has 0 unspecified atom stereocenters. The van der Waals surface area contributed by atoms with Crippen LogP contribution in [0.1, 0.15) is 180 Å². The second kappa shape index (κ2) is 50.8. The van der Waals surface area contributed by atoms with Crippen LogP contribution >= 0.6 is 11.3 Å². The van der Waals surface area contributed by atoms with Crippen LogP contribution in [-0.2, 0) is 97.6 Å². The lowest BCUT2D eigenvalue weighted by molar-refractivity contribution is -0.148. The first-order chi connectivity index (χ1) is 55.7. The summed E-state index contributed by atoms with van der Waals surface area (Å²) >= 11 is 1.49. The maximum absolute atomic E-state index is 14.4. The number of Topliss-reactive ketones (excluding diaryl/α,β-unsaturated/α-hetero) is 3. The first kappa shape index (κ1) is 98.7. The number of thiazole rings is 1. The minimum atomic E-state index is -1.05. The molecule has 6 rings (SSSR count). The number of carboxylic acids is 1. The average Bonchev–Trinajstić information content (AvgIpc) is 1.69. The van der Waals surface area contributed by atoms with Gasteiger partial charge in [0, 0.05) is 122 Å². The minimum Gasteiger partial charge on any atom is -0.481 e. The molecule has 1 saturated heterocycles. The van der Waals surface area contributed by atoms with Gasteiger partial charge < -0.3 is 64.4 Å². The summed E-state index contributed by atoms with van der Waals surface area (Å²) in [5.41, 5.74) is 8.17. The third-order valence-electron chi connectivity index (χ3n) is 21.9. The Kier molecular flexibility index (Phi) is 42.9. The molecule has 648 valence electrons. The molecule has 0 radical (unpaired) electrons. The summed E-state index contributed by atoms with van der Waals surface area (Å²) < 4.78 is 30.5.